The molecule has 0 bridgehead atoms. The molecule has 15 heavy (non-hydrogen) atoms. The Morgan fingerprint density at radius 1 is 1.53 bits per heavy atom. The van der Waals surface area contributed by atoms with Crippen LogP contribution in [0.2, 0.25) is 0 Å². The fourth-order valence-electron chi connectivity index (χ4n) is 1.03. The van der Waals surface area contributed by atoms with Crippen molar-refractivity contribution >= 4 is 10.0 Å². The summed E-state index contributed by atoms with van der Waals surface area (Å²) in [6.45, 7) is 3.84. The van der Waals surface area contributed by atoms with Gasteiger partial charge in [-0.25, -0.2) is 18.5 Å². The number of aromatic nitrogens is 2. The number of rotatable bonds is 6. The number of imidazole rings is 1. The maximum Gasteiger partial charge on any atom is 0.257 e. The van der Waals surface area contributed by atoms with E-state index in [4.69, 9.17) is 9.88 Å². The van der Waals surface area contributed by atoms with Crippen molar-refractivity contribution in [2.75, 3.05) is 13.2 Å². The zero-order valence-electron chi connectivity index (χ0n) is 8.59. The normalized spacial score (nSPS) is 11.9. The summed E-state index contributed by atoms with van der Waals surface area (Å²) in [5.74, 6) is 0. The summed E-state index contributed by atoms with van der Waals surface area (Å²) in [6, 6.07) is 0. The SMILES string of the molecule is CCCOCCn1cnc(S(N)(=O)=O)c1. The Hall–Kier alpha value is -0.920. The highest BCUT2D eigenvalue weighted by Crippen LogP contribution is 2.01. The Bertz CT molecular complexity index is 399. The van der Waals surface area contributed by atoms with Gasteiger partial charge in [0.05, 0.1) is 12.9 Å². The molecule has 7 heteroatoms. The molecule has 1 aromatic rings. The number of primary sulfonamides is 1. The summed E-state index contributed by atoms with van der Waals surface area (Å²) in [5, 5.41) is 4.80. The summed E-state index contributed by atoms with van der Waals surface area (Å²) < 4.78 is 28.7. The van der Waals surface area contributed by atoms with Gasteiger partial charge in [-0.2, -0.15) is 0 Å². The van der Waals surface area contributed by atoms with Crippen LogP contribution in [-0.4, -0.2) is 31.2 Å². The van der Waals surface area contributed by atoms with Crippen molar-refractivity contribution in [1.29, 1.82) is 0 Å². The van der Waals surface area contributed by atoms with E-state index < -0.39 is 10.0 Å². The van der Waals surface area contributed by atoms with Crippen LogP contribution in [0.25, 0.3) is 0 Å². The molecule has 0 aliphatic heterocycles. The lowest BCUT2D eigenvalue weighted by Gasteiger charge is -2.02. The van der Waals surface area contributed by atoms with Crippen LogP contribution in [-0.2, 0) is 21.3 Å². The molecule has 0 aliphatic carbocycles. The smallest absolute Gasteiger partial charge is 0.257 e. The lowest BCUT2D eigenvalue weighted by atomic mass is 10.5. The van der Waals surface area contributed by atoms with Crippen molar-refractivity contribution in [3.05, 3.63) is 12.5 Å². The Kier molecular flexibility index (Phi) is 4.25. The number of sulfonamides is 1. The van der Waals surface area contributed by atoms with Crippen LogP contribution in [0.3, 0.4) is 0 Å². The molecular formula is C8H15N3O3S. The molecule has 86 valence electrons. The van der Waals surface area contributed by atoms with E-state index in [-0.39, 0.29) is 5.03 Å². The molecule has 2 N–H and O–H groups in total. The molecule has 0 atom stereocenters. The molecular weight excluding hydrogens is 218 g/mol. The summed E-state index contributed by atoms with van der Waals surface area (Å²) in [7, 11) is -3.69. The van der Waals surface area contributed by atoms with Crippen molar-refractivity contribution < 1.29 is 13.2 Å². The molecule has 0 aliphatic rings. The average Bonchev–Trinajstić information content (AvgIpc) is 2.60. The molecule has 6 nitrogen and oxygen atoms in total. The second kappa shape index (κ2) is 5.24. The maximum atomic E-state index is 10.9. The van der Waals surface area contributed by atoms with Crippen molar-refractivity contribution in [1.82, 2.24) is 9.55 Å². The first-order valence-corrected chi connectivity index (χ1v) is 6.21. The van der Waals surface area contributed by atoms with Crippen LogP contribution < -0.4 is 5.14 Å². The van der Waals surface area contributed by atoms with Gasteiger partial charge < -0.3 is 9.30 Å². The van der Waals surface area contributed by atoms with Crippen molar-refractivity contribution in [3.63, 3.8) is 0 Å². The first kappa shape index (κ1) is 12.2. The van der Waals surface area contributed by atoms with Crippen molar-refractivity contribution in [3.8, 4) is 0 Å². The second-order valence-electron chi connectivity index (χ2n) is 3.11. The fourth-order valence-corrected chi connectivity index (χ4v) is 1.50. The largest absolute Gasteiger partial charge is 0.380 e. The summed E-state index contributed by atoms with van der Waals surface area (Å²) >= 11 is 0. The number of hydrogen-bond donors (Lipinski definition) is 1. The van der Waals surface area contributed by atoms with E-state index in [9.17, 15) is 8.42 Å². The fraction of sp³-hybridized carbons (Fsp3) is 0.625. The van der Waals surface area contributed by atoms with Gasteiger partial charge in [0, 0.05) is 19.3 Å². The molecule has 0 saturated carbocycles. The van der Waals surface area contributed by atoms with E-state index in [1.807, 2.05) is 6.92 Å². The van der Waals surface area contributed by atoms with Crippen LogP contribution in [0.15, 0.2) is 17.6 Å². The molecule has 0 spiro atoms. The van der Waals surface area contributed by atoms with E-state index in [1.165, 1.54) is 12.5 Å². The number of nitrogens with two attached hydrogens (primary N) is 1. The van der Waals surface area contributed by atoms with Gasteiger partial charge >= 0.3 is 0 Å². The molecule has 0 fully saturated rings. The van der Waals surface area contributed by atoms with Gasteiger partial charge in [0.25, 0.3) is 10.0 Å². The highest BCUT2D eigenvalue weighted by Gasteiger charge is 2.10. The van der Waals surface area contributed by atoms with Crippen LogP contribution in [0, 0.1) is 0 Å². The third kappa shape index (κ3) is 3.98. The number of nitrogens with zero attached hydrogens (tertiary/aromatic N) is 2. The Labute approximate surface area is 89.1 Å². The van der Waals surface area contributed by atoms with Crippen LogP contribution in [0.1, 0.15) is 13.3 Å². The van der Waals surface area contributed by atoms with Crippen molar-refractivity contribution in [2.24, 2.45) is 5.14 Å². The van der Waals surface area contributed by atoms with E-state index in [2.05, 4.69) is 4.98 Å². The molecule has 1 heterocycles. The first-order valence-electron chi connectivity index (χ1n) is 4.66. The zero-order chi connectivity index (χ0) is 11.3. The molecule has 0 unspecified atom stereocenters. The molecule has 0 aromatic carbocycles. The highest BCUT2D eigenvalue weighted by molar-refractivity contribution is 7.89. The van der Waals surface area contributed by atoms with Gasteiger partial charge in [-0.05, 0) is 6.42 Å². The van der Waals surface area contributed by atoms with Gasteiger partial charge in [-0.15, -0.1) is 0 Å². The molecule has 0 saturated heterocycles. The lowest BCUT2D eigenvalue weighted by molar-refractivity contribution is 0.127. The quantitative estimate of drug-likeness (QED) is 0.698. The molecule has 1 rings (SSSR count). The van der Waals surface area contributed by atoms with E-state index in [1.54, 1.807) is 4.57 Å². The average molecular weight is 233 g/mol. The van der Waals surface area contributed by atoms with Crippen LogP contribution in [0.5, 0.6) is 0 Å². The monoisotopic (exact) mass is 233 g/mol. The van der Waals surface area contributed by atoms with Gasteiger partial charge in [0.1, 0.15) is 0 Å². The number of ether oxygens (including phenoxy) is 1. The Morgan fingerprint density at radius 3 is 2.80 bits per heavy atom. The van der Waals surface area contributed by atoms with E-state index >= 15 is 0 Å². The van der Waals surface area contributed by atoms with Gasteiger partial charge in [0.2, 0.25) is 0 Å². The molecule has 0 amide bonds. The molecule has 1 aromatic heterocycles. The summed E-state index contributed by atoms with van der Waals surface area (Å²) in [5.41, 5.74) is 0. The summed E-state index contributed by atoms with van der Waals surface area (Å²) in [6.07, 6.45) is 3.78. The second-order valence-corrected chi connectivity index (χ2v) is 4.62. The van der Waals surface area contributed by atoms with Gasteiger partial charge in [-0.1, -0.05) is 6.92 Å². The highest BCUT2D eigenvalue weighted by atomic mass is 32.2. The van der Waals surface area contributed by atoms with E-state index in [0.29, 0.717) is 19.8 Å². The third-order valence-electron chi connectivity index (χ3n) is 1.74. The Balaban J connectivity index is 2.47. The topological polar surface area (TPSA) is 87.2 Å². The lowest BCUT2D eigenvalue weighted by Crippen LogP contribution is -2.12. The van der Waals surface area contributed by atoms with Crippen LogP contribution in [0.4, 0.5) is 0 Å². The predicted octanol–water partition coefficient (Wildman–Crippen LogP) is -0.0429. The zero-order valence-corrected chi connectivity index (χ0v) is 9.40. The maximum absolute atomic E-state index is 10.9. The van der Waals surface area contributed by atoms with Gasteiger partial charge in [-0.3, -0.25) is 0 Å². The van der Waals surface area contributed by atoms with E-state index in [0.717, 1.165) is 6.42 Å². The van der Waals surface area contributed by atoms with Crippen LogP contribution >= 0.6 is 0 Å². The Morgan fingerprint density at radius 2 is 2.27 bits per heavy atom. The minimum absolute atomic E-state index is 0.113. The molecule has 0 radical (unpaired) electrons. The minimum Gasteiger partial charge on any atom is -0.380 e. The predicted molar refractivity (Wildman–Crippen MR) is 54.7 cm³/mol. The van der Waals surface area contributed by atoms with Crippen molar-refractivity contribution in [2.45, 2.75) is 24.9 Å². The first-order chi connectivity index (χ1) is 7.04. The summed E-state index contributed by atoms with van der Waals surface area (Å²) in [4.78, 5) is 3.68. The number of hydrogen-bond acceptors (Lipinski definition) is 4. The standard InChI is InChI=1S/C8H15N3O3S/c1-2-4-14-5-3-11-6-8(10-7-11)15(9,12)13/h6-7H,2-5H2,1H3,(H2,9,12,13). The minimum atomic E-state index is -3.69. The van der Waals surface area contributed by atoms with Gasteiger partial charge in [0.15, 0.2) is 5.03 Å². The third-order valence-corrected chi connectivity index (χ3v) is 2.54.